The molecule has 2 N–H and O–H groups in total. The molecule has 4 rings (SSSR count). The number of rotatable bonds is 8. The minimum atomic E-state index is -3.63. The number of thioether (sulfide) groups is 1. The number of nitrogens with one attached hydrogen (secondary N) is 2. The van der Waals surface area contributed by atoms with Gasteiger partial charge in [0.05, 0.1) is 23.9 Å². The lowest BCUT2D eigenvalue weighted by molar-refractivity contribution is -0.113. The highest BCUT2D eigenvalue weighted by molar-refractivity contribution is 8.01. The van der Waals surface area contributed by atoms with E-state index in [1.807, 2.05) is 32.0 Å². The number of morpholine rings is 1. The van der Waals surface area contributed by atoms with Crippen LogP contribution in [0, 0.1) is 13.8 Å². The Morgan fingerprint density at radius 1 is 1.06 bits per heavy atom. The quantitative estimate of drug-likeness (QED) is 0.325. The van der Waals surface area contributed by atoms with Gasteiger partial charge < -0.3 is 10.1 Å². The molecule has 13 heteroatoms. The van der Waals surface area contributed by atoms with Gasteiger partial charge in [0.1, 0.15) is 0 Å². The number of amides is 2. The van der Waals surface area contributed by atoms with E-state index >= 15 is 0 Å². The summed E-state index contributed by atoms with van der Waals surface area (Å²) in [5.74, 6) is -0.457. The zero-order chi connectivity index (χ0) is 25.7. The first-order chi connectivity index (χ1) is 17.2. The van der Waals surface area contributed by atoms with Crippen LogP contribution in [-0.2, 0) is 19.6 Å². The van der Waals surface area contributed by atoms with Crippen LogP contribution in [0.1, 0.15) is 21.5 Å². The zero-order valence-electron chi connectivity index (χ0n) is 19.7. The summed E-state index contributed by atoms with van der Waals surface area (Å²) in [6.45, 7) is 5.21. The van der Waals surface area contributed by atoms with Crippen molar-refractivity contribution in [3.05, 3.63) is 59.2 Å². The fraction of sp³-hybridized carbons (Fsp3) is 0.304. The number of benzene rings is 2. The number of carbonyl (C=O) groups excluding carboxylic acids is 2. The highest BCUT2D eigenvalue weighted by Crippen LogP contribution is 2.26. The number of hydrogen-bond donors (Lipinski definition) is 2. The van der Waals surface area contributed by atoms with E-state index < -0.39 is 15.9 Å². The topological polar surface area (TPSA) is 131 Å². The third-order valence-electron chi connectivity index (χ3n) is 5.35. The van der Waals surface area contributed by atoms with Gasteiger partial charge in [-0.3, -0.25) is 14.9 Å². The van der Waals surface area contributed by atoms with Crippen LogP contribution < -0.4 is 10.6 Å². The Morgan fingerprint density at radius 3 is 2.50 bits per heavy atom. The second-order valence-corrected chi connectivity index (χ2v) is 12.2. The van der Waals surface area contributed by atoms with Gasteiger partial charge in [0.2, 0.25) is 21.1 Å². The van der Waals surface area contributed by atoms with Gasteiger partial charge >= 0.3 is 0 Å². The summed E-state index contributed by atoms with van der Waals surface area (Å²) in [5.41, 5.74) is 3.09. The van der Waals surface area contributed by atoms with Crippen molar-refractivity contribution in [2.24, 2.45) is 0 Å². The number of hydrogen-bond acceptors (Lipinski definition) is 9. The maximum atomic E-state index is 12.7. The van der Waals surface area contributed by atoms with Crippen molar-refractivity contribution in [2.75, 3.05) is 42.7 Å². The molecule has 0 atom stereocenters. The lowest BCUT2D eigenvalue weighted by atomic mass is 10.1. The van der Waals surface area contributed by atoms with Gasteiger partial charge in [0.15, 0.2) is 4.34 Å². The van der Waals surface area contributed by atoms with Crippen molar-refractivity contribution in [1.82, 2.24) is 14.5 Å². The number of sulfonamides is 1. The van der Waals surface area contributed by atoms with Crippen LogP contribution in [0.15, 0.2) is 51.7 Å². The van der Waals surface area contributed by atoms with E-state index in [1.165, 1.54) is 40.3 Å². The lowest BCUT2D eigenvalue weighted by Gasteiger charge is -2.26. The summed E-state index contributed by atoms with van der Waals surface area (Å²) < 4.78 is 32.6. The molecule has 1 aliphatic heterocycles. The molecule has 2 heterocycles. The first-order valence-corrected chi connectivity index (χ1v) is 14.3. The lowest BCUT2D eigenvalue weighted by Crippen LogP contribution is -2.40. The normalized spacial score (nSPS) is 14.4. The van der Waals surface area contributed by atoms with Crippen molar-refractivity contribution in [1.29, 1.82) is 0 Å². The smallest absolute Gasteiger partial charge is 0.257 e. The minimum Gasteiger partial charge on any atom is -0.379 e. The molecule has 1 aromatic heterocycles. The van der Waals surface area contributed by atoms with Gasteiger partial charge in [0.25, 0.3) is 5.91 Å². The first kappa shape index (κ1) is 26.2. The number of ether oxygens (including phenoxy) is 1. The molecule has 36 heavy (non-hydrogen) atoms. The van der Waals surface area contributed by atoms with Crippen LogP contribution in [0.4, 0.5) is 10.8 Å². The highest BCUT2D eigenvalue weighted by atomic mass is 32.2. The Balaban J connectivity index is 1.31. The summed E-state index contributed by atoms with van der Waals surface area (Å²) in [6.07, 6.45) is 0. The van der Waals surface area contributed by atoms with Crippen LogP contribution in [0.5, 0.6) is 0 Å². The first-order valence-electron chi connectivity index (χ1n) is 11.0. The number of anilines is 2. The van der Waals surface area contributed by atoms with Crippen molar-refractivity contribution in [3.8, 4) is 0 Å². The number of carbonyl (C=O) groups is 2. The van der Waals surface area contributed by atoms with Crippen LogP contribution in [0.3, 0.4) is 0 Å². The molecule has 2 aromatic carbocycles. The monoisotopic (exact) mass is 547 g/mol. The van der Waals surface area contributed by atoms with Crippen molar-refractivity contribution in [3.63, 3.8) is 0 Å². The number of nitrogens with zero attached hydrogens (tertiary/aromatic N) is 3. The van der Waals surface area contributed by atoms with Crippen LogP contribution in [0.25, 0.3) is 0 Å². The average Bonchev–Trinajstić information content (AvgIpc) is 3.33. The molecule has 2 amide bonds. The Bertz CT molecular complexity index is 1350. The Kier molecular flexibility index (Phi) is 8.36. The third kappa shape index (κ3) is 6.48. The summed E-state index contributed by atoms with van der Waals surface area (Å²) in [4.78, 5) is 25.0. The van der Waals surface area contributed by atoms with E-state index in [1.54, 1.807) is 0 Å². The molecule has 10 nitrogen and oxygen atoms in total. The van der Waals surface area contributed by atoms with Gasteiger partial charge in [-0.25, -0.2) is 8.42 Å². The molecule has 1 saturated heterocycles. The van der Waals surface area contributed by atoms with Crippen molar-refractivity contribution in [2.45, 2.75) is 23.1 Å². The molecule has 0 radical (unpaired) electrons. The van der Waals surface area contributed by atoms with Crippen molar-refractivity contribution >= 4 is 55.8 Å². The molecule has 0 saturated carbocycles. The molecular weight excluding hydrogens is 522 g/mol. The highest BCUT2D eigenvalue weighted by Gasteiger charge is 2.26. The number of aromatic nitrogens is 2. The van der Waals surface area contributed by atoms with Crippen LogP contribution >= 0.6 is 23.1 Å². The van der Waals surface area contributed by atoms with Gasteiger partial charge in [-0.1, -0.05) is 35.2 Å². The average molecular weight is 548 g/mol. The second kappa shape index (κ2) is 11.5. The Morgan fingerprint density at radius 2 is 1.78 bits per heavy atom. The van der Waals surface area contributed by atoms with Gasteiger partial charge in [-0.2, -0.15) is 4.31 Å². The van der Waals surface area contributed by atoms with Gasteiger partial charge in [-0.05, 0) is 55.3 Å². The largest absolute Gasteiger partial charge is 0.379 e. The van der Waals surface area contributed by atoms with E-state index in [0.29, 0.717) is 30.6 Å². The van der Waals surface area contributed by atoms with E-state index in [4.69, 9.17) is 4.74 Å². The minimum absolute atomic E-state index is 0.120. The molecule has 0 aliphatic carbocycles. The number of aryl methyl sites for hydroxylation is 2. The molecule has 3 aromatic rings. The molecular formula is C23H25N5O5S3. The Hall–Kier alpha value is -2.84. The van der Waals surface area contributed by atoms with E-state index in [2.05, 4.69) is 20.8 Å². The van der Waals surface area contributed by atoms with Crippen LogP contribution in [0.2, 0.25) is 0 Å². The van der Waals surface area contributed by atoms with Crippen LogP contribution in [-0.4, -0.2) is 66.8 Å². The molecule has 0 bridgehead atoms. The second-order valence-electron chi connectivity index (χ2n) is 8.02. The summed E-state index contributed by atoms with van der Waals surface area (Å²) >= 11 is 2.37. The molecule has 0 spiro atoms. The van der Waals surface area contributed by atoms with Gasteiger partial charge in [0, 0.05) is 24.3 Å². The standard InChI is InChI=1S/C23H25N5O5S3/c1-15-3-4-16(2)19(13-15)24-20(29)14-34-23-27-26-22(35-23)25-21(30)17-5-7-18(8-6-17)36(31,32)28-9-11-33-12-10-28/h3-8,13H,9-12,14H2,1-2H3,(H,24,29)(H,25,26,30). The Labute approximate surface area is 217 Å². The van der Waals surface area contributed by atoms with Gasteiger partial charge in [-0.15, -0.1) is 10.2 Å². The summed E-state index contributed by atoms with van der Waals surface area (Å²) in [5, 5.41) is 13.8. The molecule has 190 valence electrons. The SMILES string of the molecule is Cc1ccc(C)c(NC(=O)CSc2nnc(NC(=O)c3ccc(S(=O)(=O)N4CCOCC4)cc3)s2)c1. The maximum Gasteiger partial charge on any atom is 0.257 e. The maximum absolute atomic E-state index is 12.7. The molecule has 1 fully saturated rings. The third-order valence-corrected chi connectivity index (χ3v) is 9.23. The fourth-order valence-electron chi connectivity index (χ4n) is 3.39. The predicted molar refractivity (Wildman–Crippen MR) is 139 cm³/mol. The predicted octanol–water partition coefficient (Wildman–Crippen LogP) is 3.16. The van der Waals surface area contributed by atoms with E-state index in [9.17, 15) is 18.0 Å². The van der Waals surface area contributed by atoms with Crippen molar-refractivity contribution < 1.29 is 22.7 Å². The van der Waals surface area contributed by atoms with E-state index in [0.717, 1.165) is 28.2 Å². The molecule has 0 unspecified atom stereocenters. The fourth-order valence-corrected chi connectivity index (χ4v) is 6.34. The molecule has 1 aliphatic rings. The zero-order valence-corrected chi connectivity index (χ0v) is 22.1. The summed E-state index contributed by atoms with van der Waals surface area (Å²) in [6, 6.07) is 11.6. The van der Waals surface area contributed by atoms with E-state index in [-0.39, 0.29) is 27.3 Å². The summed E-state index contributed by atoms with van der Waals surface area (Å²) in [7, 11) is -3.63.